The maximum Gasteiger partial charge on any atom is 0.108 e. The molecule has 0 unspecified atom stereocenters. The first kappa shape index (κ1) is 15.3. The molecule has 0 atom stereocenters. The lowest BCUT2D eigenvalue weighted by Crippen LogP contribution is -2.14. The maximum absolute atomic E-state index is 4.75. The van der Waals surface area contributed by atoms with Crippen LogP contribution in [0.25, 0.3) is 0 Å². The fraction of sp³-hybridized carbons (Fsp3) is 0.929. The van der Waals surface area contributed by atoms with Crippen LogP contribution >= 0.6 is 11.2 Å². The summed E-state index contributed by atoms with van der Waals surface area (Å²) < 4.78 is 0. The number of hydrogen-bond donors (Lipinski definition) is 0. The standard InChI is InChI=1S/C14H29NSSi/c1-17(2,3)16-13-9-8-12-15-14-10-6-4-5-7-11-14/h12,14H,4-11,13H2,1-3H3. The third-order valence-corrected chi connectivity index (χ3v) is 7.72. The number of aliphatic imine (C=N–C) groups is 1. The van der Waals surface area contributed by atoms with Crippen molar-refractivity contribution in [3.8, 4) is 0 Å². The Balaban J connectivity index is 2.04. The minimum atomic E-state index is -0.884. The van der Waals surface area contributed by atoms with Crippen molar-refractivity contribution in [2.75, 3.05) is 5.75 Å². The van der Waals surface area contributed by atoms with Gasteiger partial charge >= 0.3 is 0 Å². The average molecular weight is 272 g/mol. The molecule has 1 aliphatic rings. The first-order chi connectivity index (χ1) is 8.08. The molecular formula is C14H29NSSi. The summed E-state index contributed by atoms with van der Waals surface area (Å²) in [5.74, 6) is 1.33. The van der Waals surface area contributed by atoms with Crippen LogP contribution in [0.2, 0.25) is 19.6 Å². The minimum Gasteiger partial charge on any atom is -0.294 e. The van der Waals surface area contributed by atoms with Crippen LogP contribution in [-0.2, 0) is 0 Å². The molecule has 0 saturated heterocycles. The number of rotatable bonds is 6. The lowest BCUT2D eigenvalue weighted by Gasteiger charge is -2.14. The van der Waals surface area contributed by atoms with Gasteiger partial charge in [-0.25, -0.2) is 0 Å². The summed E-state index contributed by atoms with van der Waals surface area (Å²) in [6.07, 6.45) is 13.0. The van der Waals surface area contributed by atoms with E-state index in [1.54, 1.807) is 0 Å². The summed E-state index contributed by atoms with van der Waals surface area (Å²) in [4.78, 5) is 4.75. The SMILES string of the molecule is C[Si](C)(C)SCCCC=NC1CCCCCC1. The van der Waals surface area contributed by atoms with Crippen molar-refractivity contribution < 1.29 is 0 Å². The monoisotopic (exact) mass is 271 g/mol. The topological polar surface area (TPSA) is 12.4 Å². The van der Waals surface area contributed by atoms with E-state index in [1.807, 2.05) is 0 Å². The quantitative estimate of drug-likeness (QED) is 0.282. The molecule has 1 fully saturated rings. The van der Waals surface area contributed by atoms with Crippen LogP contribution in [0.5, 0.6) is 0 Å². The Bertz CT molecular complexity index is 215. The van der Waals surface area contributed by atoms with Crippen LogP contribution in [0, 0.1) is 0 Å². The summed E-state index contributed by atoms with van der Waals surface area (Å²) >= 11 is 2.20. The molecule has 0 spiro atoms. The molecule has 0 aromatic carbocycles. The summed E-state index contributed by atoms with van der Waals surface area (Å²) in [5, 5.41) is 0. The number of unbranched alkanes of at least 4 members (excludes halogenated alkanes) is 1. The second kappa shape index (κ2) is 8.36. The van der Waals surface area contributed by atoms with E-state index in [0.29, 0.717) is 6.04 Å². The highest BCUT2D eigenvalue weighted by Crippen LogP contribution is 2.21. The van der Waals surface area contributed by atoms with Crippen LogP contribution in [0.1, 0.15) is 51.4 Å². The first-order valence-electron chi connectivity index (χ1n) is 7.23. The average Bonchev–Trinajstić information content (AvgIpc) is 2.50. The second-order valence-corrected chi connectivity index (χ2v) is 15.5. The summed E-state index contributed by atoms with van der Waals surface area (Å²) in [5.41, 5.74) is 0. The molecule has 1 saturated carbocycles. The molecule has 0 amide bonds. The predicted octanol–water partition coefficient (Wildman–Crippen LogP) is 5.13. The second-order valence-electron chi connectivity index (χ2n) is 6.08. The summed E-state index contributed by atoms with van der Waals surface area (Å²) in [6.45, 7) is 7.28. The number of hydrogen-bond acceptors (Lipinski definition) is 2. The van der Waals surface area contributed by atoms with Crippen molar-refractivity contribution in [3.63, 3.8) is 0 Å². The molecule has 0 N–H and O–H groups in total. The zero-order valence-electron chi connectivity index (χ0n) is 11.9. The number of nitrogens with zero attached hydrogens (tertiary/aromatic N) is 1. The lowest BCUT2D eigenvalue weighted by atomic mass is 10.1. The fourth-order valence-corrected chi connectivity index (χ4v) is 5.38. The largest absolute Gasteiger partial charge is 0.294 e. The Kier molecular flexibility index (Phi) is 7.52. The molecule has 0 aliphatic heterocycles. The molecule has 1 rings (SSSR count). The van der Waals surface area contributed by atoms with Crippen molar-refractivity contribution in [2.45, 2.75) is 77.0 Å². The lowest BCUT2D eigenvalue weighted by molar-refractivity contribution is 0.586. The molecular weight excluding hydrogens is 242 g/mol. The van der Waals surface area contributed by atoms with E-state index in [9.17, 15) is 0 Å². The Morgan fingerprint density at radius 1 is 1.12 bits per heavy atom. The molecule has 1 aliphatic carbocycles. The fourth-order valence-electron chi connectivity index (χ4n) is 2.18. The van der Waals surface area contributed by atoms with Gasteiger partial charge in [-0.3, -0.25) is 4.99 Å². The third kappa shape index (κ3) is 8.89. The molecule has 1 nitrogen and oxygen atoms in total. The highest BCUT2D eigenvalue weighted by Gasteiger charge is 2.12. The van der Waals surface area contributed by atoms with Gasteiger partial charge in [0.1, 0.15) is 7.22 Å². The smallest absolute Gasteiger partial charge is 0.108 e. The van der Waals surface area contributed by atoms with E-state index >= 15 is 0 Å². The Labute approximate surface area is 113 Å². The summed E-state index contributed by atoms with van der Waals surface area (Å²) in [6, 6.07) is 0.655. The minimum absolute atomic E-state index is 0.655. The molecule has 3 heteroatoms. The Hall–Kier alpha value is 0.237. The van der Waals surface area contributed by atoms with Gasteiger partial charge in [-0.15, -0.1) is 0 Å². The molecule has 0 radical (unpaired) electrons. The first-order valence-corrected chi connectivity index (χ1v) is 12.4. The van der Waals surface area contributed by atoms with Gasteiger partial charge in [-0.2, -0.15) is 11.2 Å². The van der Waals surface area contributed by atoms with Gasteiger partial charge in [0.05, 0.1) is 0 Å². The highest BCUT2D eigenvalue weighted by atomic mass is 32.4. The third-order valence-electron chi connectivity index (χ3n) is 3.15. The van der Waals surface area contributed by atoms with E-state index in [2.05, 4.69) is 37.1 Å². The van der Waals surface area contributed by atoms with Crippen molar-refractivity contribution in [1.82, 2.24) is 0 Å². The van der Waals surface area contributed by atoms with Gasteiger partial charge < -0.3 is 0 Å². The van der Waals surface area contributed by atoms with Crippen LogP contribution < -0.4 is 0 Å². The summed E-state index contributed by atoms with van der Waals surface area (Å²) in [7, 11) is -0.884. The normalized spacial score (nSPS) is 19.7. The highest BCUT2D eigenvalue weighted by molar-refractivity contribution is 8.28. The maximum atomic E-state index is 4.75. The van der Waals surface area contributed by atoms with E-state index in [4.69, 9.17) is 4.99 Å². The van der Waals surface area contributed by atoms with Gasteiger partial charge in [0.25, 0.3) is 0 Å². The van der Waals surface area contributed by atoms with Crippen LogP contribution in [0.15, 0.2) is 4.99 Å². The van der Waals surface area contributed by atoms with E-state index in [0.717, 1.165) is 0 Å². The molecule has 0 heterocycles. The molecule has 17 heavy (non-hydrogen) atoms. The Morgan fingerprint density at radius 3 is 2.35 bits per heavy atom. The van der Waals surface area contributed by atoms with Crippen LogP contribution in [0.3, 0.4) is 0 Å². The van der Waals surface area contributed by atoms with Crippen molar-refractivity contribution in [1.29, 1.82) is 0 Å². The van der Waals surface area contributed by atoms with E-state index in [-0.39, 0.29) is 0 Å². The van der Waals surface area contributed by atoms with Crippen LogP contribution in [0.4, 0.5) is 0 Å². The molecule has 0 aromatic heterocycles. The van der Waals surface area contributed by atoms with Gasteiger partial charge in [0.2, 0.25) is 0 Å². The molecule has 100 valence electrons. The van der Waals surface area contributed by atoms with E-state index < -0.39 is 7.22 Å². The zero-order chi connectivity index (χ0) is 12.6. The van der Waals surface area contributed by atoms with Crippen molar-refractivity contribution in [3.05, 3.63) is 0 Å². The predicted molar refractivity (Wildman–Crippen MR) is 85.0 cm³/mol. The van der Waals surface area contributed by atoms with Gasteiger partial charge in [-0.1, -0.05) is 45.3 Å². The van der Waals surface area contributed by atoms with Gasteiger partial charge in [0.15, 0.2) is 0 Å². The Morgan fingerprint density at radius 2 is 1.76 bits per heavy atom. The molecule has 0 bridgehead atoms. The van der Waals surface area contributed by atoms with Crippen molar-refractivity contribution in [2.24, 2.45) is 4.99 Å². The molecule has 0 aromatic rings. The van der Waals surface area contributed by atoms with Crippen molar-refractivity contribution >= 4 is 24.6 Å². The van der Waals surface area contributed by atoms with Crippen LogP contribution in [-0.4, -0.2) is 25.2 Å². The van der Waals surface area contributed by atoms with Gasteiger partial charge in [-0.05, 0) is 37.7 Å². The zero-order valence-corrected chi connectivity index (χ0v) is 13.7. The van der Waals surface area contributed by atoms with Gasteiger partial charge in [0, 0.05) is 6.04 Å². The van der Waals surface area contributed by atoms with E-state index in [1.165, 1.54) is 57.1 Å².